The lowest BCUT2D eigenvalue weighted by Crippen LogP contribution is -2.20. The van der Waals surface area contributed by atoms with Gasteiger partial charge in [-0.2, -0.15) is 4.99 Å². The van der Waals surface area contributed by atoms with Gasteiger partial charge in [-0.25, -0.2) is 0 Å². The van der Waals surface area contributed by atoms with Gasteiger partial charge < -0.3 is 9.30 Å². The Labute approximate surface area is 170 Å². The number of rotatable bonds is 6. The monoisotopic (exact) mass is 419 g/mol. The molecule has 1 amide bonds. The average molecular weight is 420 g/mol. The first-order valence-electron chi connectivity index (χ1n) is 8.62. The second kappa shape index (κ2) is 8.64. The van der Waals surface area contributed by atoms with Crippen LogP contribution in [0.25, 0.3) is 10.2 Å². The Morgan fingerprint density at radius 3 is 2.86 bits per heavy atom. The van der Waals surface area contributed by atoms with Gasteiger partial charge in [0.05, 0.1) is 21.7 Å². The quantitative estimate of drug-likeness (QED) is 0.337. The van der Waals surface area contributed by atoms with Gasteiger partial charge in [-0.3, -0.25) is 14.9 Å². The molecule has 9 heteroatoms. The molecular formula is C19H18ClN3O4S. The molecule has 28 heavy (non-hydrogen) atoms. The summed E-state index contributed by atoms with van der Waals surface area (Å²) in [5, 5.41) is 11.5. The van der Waals surface area contributed by atoms with Crippen molar-refractivity contribution in [1.29, 1.82) is 0 Å². The minimum atomic E-state index is -0.705. The number of carbonyl (C=O) groups is 1. The summed E-state index contributed by atoms with van der Waals surface area (Å²) in [5.41, 5.74) is 1.56. The maximum atomic E-state index is 12.8. The molecule has 3 rings (SSSR count). The zero-order chi connectivity index (χ0) is 20.3. The minimum absolute atomic E-state index is 0.136. The van der Waals surface area contributed by atoms with Crippen molar-refractivity contribution < 1.29 is 14.5 Å². The molecule has 0 atom stereocenters. The second-order valence-electron chi connectivity index (χ2n) is 5.99. The number of aromatic nitrogens is 1. The Balaban J connectivity index is 2.15. The van der Waals surface area contributed by atoms with Crippen LogP contribution in [0.5, 0.6) is 0 Å². The Morgan fingerprint density at radius 2 is 2.14 bits per heavy atom. The number of nitro benzene ring substituents is 1. The standard InChI is InChI=1S/C19H18ClN3O4S/c1-3-27-10-9-22-17-12(2)5-4-6-16(17)28-19(22)21-18(24)14-11-13(20)7-8-15(14)23(25)26/h4-8,11H,3,9-10H2,1-2H3. The fourth-order valence-corrected chi connectivity index (χ4v) is 4.19. The van der Waals surface area contributed by atoms with Crippen molar-refractivity contribution in [3.63, 3.8) is 0 Å². The summed E-state index contributed by atoms with van der Waals surface area (Å²) < 4.78 is 8.35. The Morgan fingerprint density at radius 1 is 1.36 bits per heavy atom. The van der Waals surface area contributed by atoms with Crippen LogP contribution < -0.4 is 4.80 Å². The summed E-state index contributed by atoms with van der Waals surface area (Å²) >= 11 is 7.29. The van der Waals surface area contributed by atoms with E-state index in [9.17, 15) is 14.9 Å². The highest BCUT2D eigenvalue weighted by Crippen LogP contribution is 2.24. The van der Waals surface area contributed by atoms with E-state index in [1.807, 2.05) is 36.6 Å². The molecule has 0 aliphatic rings. The highest BCUT2D eigenvalue weighted by Gasteiger charge is 2.21. The van der Waals surface area contributed by atoms with E-state index in [1.165, 1.54) is 29.5 Å². The second-order valence-corrected chi connectivity index (χ2v) is 7.44. The summed E-state index contributed by atoms with van der Waals surface area (Å²) in [5.74, 6) is -0.705. The van der Waals surface area contributed by atoms with Gasteiger partial charge in [0.2, 0.25) is 0 Å². The molecule has 146 valence electrons. The van der Waals surface area contributed by atoms with Gasteiger partial charge in [0.25, 0.3) is 11.6 Å². The van der Waals surface area contributed by atoms with Crippen LogP contribution in [0.1, 0.15) is 22.8 Å². The summed E-state index contributed by atoms with van der Waals surface area (Å²) in [4.78, 5) is 28.1. The first kappa shape index (κ1) is 20.2. The number of thiazole rings is 1. The lowest BCUT2D eigenvalue weighted by molar-refractivity contribution is -0.385. The van der Waals surface area contributed by atoms with Gasteiger partial charge in [-0.15, -0.1) is 0 Å². The zero-order valence-electron chi connectivity index (χ0n) is 15.3. The van der Waals surface area contributed by atoms with Gasteiger partial charge in [0.1, 0.15) is 5.56 Å². The molecule has 0 bridgehead atoms. The molecule has 0 fully saturated rings. The molecule has 3 aromatic rings. The van der Waals surface area contributed by atoms with E-state index < -0.39 is 10.8 Å². The zero-order valence-corrected chi connectivity index (χ0v) is 16.9. The molecule has 0 saturated carbocycles. The van der Waals surface area contributed by atoms with Crippen molar-refractivity contribution in [2.75, 3.05) is 13.2 Å². The van der Waals surface area contributed by atoms with Crippen molar-refractivity contribution in [2.24, 2.45) is 4.99 Å². The number of amides is 1. The molecule has 0 aliphatic heterocycles. The number of hydrogen-bond acceptors (Lipinski definition) is 5. The van der Waals surface area contributed by atoms with Crippen molar-refractivity contribution in [3.05, 3.63) is 67.5 Å². The van der Waals surface area contributed by atoms with Gasteiger partial charge in [-0.1, -0.05) is 35.1 Å². The average Bonchev–Trinajstić information content (AvgIpc) is 3.00. The number of nitrogens with zero attached hydrogens (tertiary/aromatic N) is 3. The highest BCUT2D eigenvalue weighted by atomic mass is 35.5. The van der Waals surface area contributed by atoms with Crippen LogP contribution in [0.4, 0.5) is 5.69 Å². The number of aryl methyl sites for hydroxylation is 1. The Hall–Kier alpha value is -2.55. The molecule has 0 unspecified atom stereocenters. The van der Waals surface area contributed by atoms with Crippen LogP contribution in [-0.4, -0.2) is 28.6 Å². The molecule has 1 heterocycles. The van der Waals surface area contributed by atoms with Crippen molar-refractivity contribution in [3.8, 4) is 0 Å². The summed E-state index contributed by atoms with van der Waals surface area (Å²) in [6, 6.07) is 9.74. The van der Waals surface area contributed by atoms with Crippen LogP contribution >= 0.6 is 22.9 Å². The van der Waals surface area contributed by atoms with Gasteiger partial charge in [0.15, 0.2) is 4.80 Å². The van der Waals surface area contributed by atoms with E-state index in [2.05, 4.69) is 4.99 Å². The van der Waals surface area contributed by atoms with E-state index in [0.29, 0.717) is 24.6 Å². The number of para-hydroxylation sites is 1. The Bertz CT molecular complexity index is 1120. The number of hydrogen-bond donors (Lipinski definition) is 0. The first-order chi connectivity index (χ1) is 13.4. The molecule has 7 nitrogen and oxygen atoms in total. The minimum Gasteiger partial charge on any atom is -0.380 e. The van der Waals surface area contributed by atoms with E-state index in [4.69, 9.17) is 16.3 Å². The summed E-state index contributed by atoms with van der Waals surface area (Å²) in [7, 11) is 0. The molecule has 0 saturated heterocycles. The number of halogens is 1. The lowest BCUT2D eigenvalue weighted by atomic mass is 10.2. The highest BCUT2D eigenvalue weighted by molar-refractivity contribution is 7.16. The SMILES string of the molecule is CCOCCn1c(=NC(=O)c2cc(Cl)ccc2[N+](=O)[O-])sc2cccc(C)c21. The molecule has 0 radical (unpaired) electrons. The first-order valence-corrected chi connectivity index (χ1v) is 9.81. The third kappa shape index (κ3) is 4.14. The smallest absolute Gasteiger partial charge is 0.286 e. The van der Waals surface area contributed by atoms with E-state index >= 15 is 0 Å². The topological polar surface area (TPSA) is 86.7 Å². The third-order valence-electron chi connectivity index (χ3n) is 4.15. The molecule has 1 aromatic heterocycles. The number of benzene rings is 2. The fourth-order valence-electron chi connectivity index (χ4n) is 2.89. The summed E-state index contributed by atoms with van der Waals surface area (Å²) in [6.07, 6.45) is 0. The van der Waals surface area contributed by atoms with Crippen LogP contribution in [0, 0.1) is 17.0 Å². The van der Waals surface area contributed by atoms with E-state index in [1.54, 1.807) is 0 Å². The van der Waals surface area contributed by atoms with Crippen molar-refractivity contribution in [1.82, 2.24) is 4.57 Å². The molecular weight excluding hydrogens is 402 g/mol. The number of carbonyl (C=O) groups excluding carboxylic acids is 1. The van der Waals surface area contributed by atoms with Crippen LogP contribution in [0.15, 0.2) is 41.4 Å². The predicted octanol–water partition coefficient (Wildman–Crippen LogP) is 4.35. The number of ether oxygens (including phenoxy) is 1. The largest absolute Gasteiger partial charge is 0.380 e. The number of nitro groups is 1. The van der Waals surface area contributed by atoms with Gasteiger partial charge >= 0.3 is 0 Å². The number of fused-ring (bicyclic) bond motifs is 1. The van der Waals surface area contributed by atoms with Crippen LogP contribution in [0.2, 0.25) is 5.02 Å². The third-order valence-corrected chi connectivity index (χ3v) is 5.43. The maximum absolute atomic E-state index is 12.8. The lowest BCUT2D eigenvalue weighted by Gasteiger charge is -2.07. The molecule has 0 N–H and O–H groups in total. The van der Waals surface area contributed by atoms with Crippen LogP contribution in [-0.2, 0) is 11.3 Å². The van der Waals surface area contributed by atoms with Crippen molar-refractivity contribution in [2.45, 2.75) is 20.4 Å². The van der Waals surface area contributed by atoms with E-state index in [-0.39, 0.29) is 16.3 Å². The van der Waals surface area contributed by atoms with Gasteiger partial charge in [0, 0.05) is 24.2 Å². The normalized spacial score (nSPS) is 11.9. The summed E-state index contributed by atoms with van der Waals surface area (Å²) in [6.45, 7) is 5.47. The Kier molecular flexibility index (Phi) is 6.23. The van der Waals surface area contributed by atoms with Crippen molar-refractivity contribution >= 4 is 44.7 Å². The molecule has 0 spiro atoms. The van der Waals surface area contributed by atoms with Gasteiger partial charge in [-0.05, 0) is 37.6 Å². The fraction of sp³-hybridized carbons (Fsp3) is 0.263. The molecule has 0 aliphatic carbocycles. The van der Waals surface area contributed by atoms with E-state index in [0.717, 1.165) is 15.8 Å². The van der Waals surface area contributed by atoms with Crippen LogP contribution in [0.3, 0.4) is 0 Å². The molecule has 2 aromatic carbocycles. The maximum Gasteiger partial charge on any atom is 0.286 e. The predicted molar refractivity (Wildman–Crippen MR) is 109 cm³/mol.